The third-order valence-corrected chi connectivity index (χ3v) is 3.91. The number of carbonyl (C=O) groups is 2. The molecule has 5 nitrogen and oxygen atoms in total. The average molecular weight is 345 g/mol. The van der Waals surface area contributed by atoms with Crippen LogP contribution in [-0.4, -0.2) is 41.8 Å². The summed E-state index contributed by atoms with van der Waals surface area (Å²) in [6.45, 7) is 0.301. The summed E-state index contributed by atoms with van der Waals surface area (Å²) in [6.07, 6.45) is -4.02. The fourth-order valence-electron chi connectivity index (χ4n) is 2.68. The molecule has 0 saturated heterocycles. The van der Waals surface area contributed by atoms with Crippen molar-refractivity contribution in [2.45, 2.75) is 31.5 Å². The van der Waals surface area contributed by atoms with Gasteiger partial charge < -0.3 is 14.7 Å². The molecule has 2 atom stereocenters. The molecule has 1 aliphatic carbocycles. The van der Waals surface area contributed by atoms with Gasteiger partial charge in [0.15, 0.2) is 0 Å². The van der Waals surface area contributed by atoms with Crippen LogP contribution in [0.1, 0.15) is 30.7 Å². The summed E-state index contributed by atoms with van der Waals surface area (Å²) < 4.78 is 41.4. The highest BCUT2D eigenvalue weighted by atomic mass is 19.4. The van der Waals surface area contributed by atoms with Gasteiger partial charge in [-0.05, 0) is 30.4 Å². The maximum Gasteiger partial charge on any atom is 0.573 e. The molecule has 0 bridgehead atoms. The van der Waals surface area contributed by atoms with Crippen molar-refractivity contribution in [1.82, 2.24) is 4.90 Å². The number of alkyl halides is 3. The third kappa shape index (κ3) is 4.87. The number of rotatable bonds is 7. The summed E-state index contributed by atoms with van der Waals surface area (Å²) >= 11 is 0. The molecule has 24 heavy (non-hydrogen) atoms. The third-order valence-electron chi connectivity index (χ3n) is 3.91. The molecule has 1 aliphatic rings. The molecular formula is C16H18F3NO4. The molecule has 0 spiro atoms. The largest absolute Gasteiger partial charge is 0.573 e. The van der Waals surface area contributed by atoms with Gasteiger partial charge in [-0.15, -0.1) is 13.2 Å². The van der Waals surface area contributed by atoms with Crippen LogP contribution in [0.15, 0.2) is 24.3 Å². The van der Waals surface area contributed by atoms with Crippen molar-refractivity contribution in [2.24, 2.45) is 5.92 Å². The van der Waals surface area contributed by atoms with Crippen LogP contribution < -0.4 is 4.74 Å². The summed E-state index contributed by atoms with van der Waals surface area (Å²) in [5, 5.41) is 8.59. The molecule has 8 heteroatoms. The van der Waals surface area contributed by atoms with Crippen LogP contribution >= 0.6 is 0 Å². The predicted octanol–water partition coefficient (Wildman–Crippen LogP) is 3.01. The van der Waals surface area contributed by atoms with Crippen molar-refractivity contribution in [3.8, 4) is 5.75 Å². The number of carboxylic acids is 1. The molecule has 0 radical (unpaired) electrons. The molecule has 132 valence electrons. The second-order valence-corrected chi connectivity index (χ2v) is 5.79. The first kappa shape index (κ1) is 18.1. The van der Waals surface area contributed by atoms with E-state index in [9.17, 15) is 22.8 Å². The molecule has 1 aromatic rings. The van der Waals surface area contributed by atoms with E-state index in [2.05, 4.69) is 4.74 Å². The minimum absolute atomic E-state index is 0.0338. The van der Waals surface area contributed by atoms with Crippen molar-refractivity contribution < 1.29 is 32.6 Å². The van der Waals surface area contributed by atoms with Crippen LogP contribution in [0.4, 0.5) is 13.2 Å². The maximum atomic E-state index is 12.4. The maximum absolute atomic E-state index is 12.4. The first-order chi connectivity index (χ1) is 11.2. The molecule has 0 aromatic heterocycles. The molecule has 0 aliphatic heterocycles. The Bertz CT molecular complexity index is 618. The Morgan fingerprint density at radius 1 is 1.33 bits per heavy atom. The van der Waals surface area contributed by atoms with Crippen molar-refractivity contribution in [2.75, 3.05) is 13.6 Å². The lowest BCUT2D eigenvalue weighted by Gasteiger charge is -2.17. The summed E-state index contributed by atoms with van der Waals surface area (Å²) in [5.74, 6) is -2.10. The van der Waals surface area contributed by atoms with Gasteiger partial charge in [0.25, 0.3) is 0 Å². The van der Waals surface area contributed by atoms with Gasteiger partial charge in [0, 0.05) is 25.9 Å². The monoisotopic (exact) mass is 345 g/mol. The van der Waals surface area contributed by atoms with Gasteiger partial charge in [-0.1, -0.05) is 18.2 Å². The van der Waals surface area contributed by atoms with Crippen LogP contribution in [0.25, 0.3) is 0 Å². The van der Waals surface area contributed by atoms with Gasteiger partial charge in [0.05, 0.1) is 0 Å². The normalized spacial score (nSPS) is 19.7. The topological polar surface area (TPSA) is 66.8 Å². The van der Waals surface area contributed by atoms with E-state index in [0.29, 0.717) is 24.9 Å². The Balaban J connectivity index is 1.97. The van der Waals surface area contributed by atoms with Crippen LogP contribution in [0.2, 0.25) is 0 Å². The van der Waals surface area contributed by atoms with E-state index in [1.807, 2.05) is 0 Å². The SMILES string of the molecule is CN(CCCC(=O)O)C(=O)C1CC1c1ccccc1OC(F)(F)F. The van der Waals surface area contributed by atoms with Gasteiger partial charge in [0.2, 0.25) is 5.91 Å². The van der Waals surface area contributed by atoms with Gasteiger partial charge >= 0.3 is 12.3 Å². The molecule has 0 heterocycles. The molecule has 2 rings (SSSR count). The number of ether oxygens (including phenoxy) is 1. The fraction of sp³-hybridized carbons (Fsp3) is 0.500. The van der Waals surface area contributed by atoms with Crippen molar-refractivity contribution in [1.29, 1.82) is 0 Å². The number of aliphatic carboxylic acids is 1. The number of hydrogen-bond acceptors (Lipinski definition) is 3. The molecule has 1 aromatic carbocycles. The minimum atomic E-state index is -4.78. The number of carboxylic acid groups (broad SMARTS) is 1. The number of para-hydroxylation sites is 1. The standard InChI is InChI=1S/C16H18F3NO4/c1-20(8-4-7-14(21)22)15(23)12-9-11(12)10-5-2-3-6-13(10)24-16(17,18)19/h2-3,5-6,11-12H,4,7-9H2,1H3,(H,21,22). The van der Waals surface area contributed by atoms with Crippen LogP contribution in [-0.2, 0) is 9.59 Å². The lowest BCUT2D eigenvalue weighted by molar-refractivity contribution is -0.274. The lowest BCUT2D eigenvalue weighted by Crippen LogP contribution is -2.29. The molecule has 1 amide bonds. The number of hydrogen-bond donors (Lipinski definition) is 1. The van der Waals surface area contributed by atoms with E-state index in [1.54, 1.807) is 13.1 Å². The number of amides is 1. The number of halogens is 3. The smallest absolute Gasteiger partial charge is 0.481 e. The lowest BCUT2D eigenvalue weighted by atomic mass is 10.1. The second kappa shape index (κ2) is 7.11. The molecule has 1 saturated carbocycles. The van der Waals surface area contributed by atoms with E-state index < -0.39 is 18.2 Å². The summed E-state index contributed by atoms with van der Waals surface area (Å²) in [4.78, 5) is 24.2. The zero-order chi connectivity index (χ0) is 17.9. The van der Waals surface area contributed by atoms with Crippen LogP contribution in [0.3, 0.4) is 0 Å². The van der Waals surface area contributed by atoms with Gasteiger partial charge in [-0.3, -0.25) is 9.59 Å². The first-order valence-corrected chi connectivity index (χ1v) is 7.50. The minimum Gasteiger partial charge on any atom is -0.481 e. The fourth-order valence-corrected chi connectivity index (χ4v) is 2.68. The molecule has 1 fully saturated rings. The van der Waals surface area contributed by atoms with Gasteiger partial charge in [-0.2, -0.15) is 0 Å². The van der Waals surface area contributed by atoms with E-state index in [1.165, 1.54) is 23.1 Å². The quantitative estimate of drug-likeness (QED) is 0.825. The Labute approximate surface area is 137 Å². The highest BCUT2D eigenvalue weighted by Crippen LogP contribution is 2.51. The first-order valence-electron chi connectivity index (χ1n) is 7.50. The van der Waals surface area contributed by atoms with Crippen molar-refractivity contribution in [3.05, 3.63) is 29.8 Å². The highest BCUT2D eigenvalue weighted by molar-refractivity contribution is 5.83. The van der Waals surface area contributed by atoms with Crippen LogP contribution in [0, 0.1) is 5.92 Å². The van der Waals surface area contributed by atoms with Crippen molar-refractivity contribution >= 4 is 11.9 Å². The van der Waals surface area contributed by atoms with E-state index >= 15 is 0 Å². The van der Waals surface area contributed by atoms with E-state index in [0.717, 1.165) is 0 Å². The Kier molecular flexibility index (Phi) is 5.36. The molecule has 2 unspecified atom stereocenters. The molecular weight excluding hydrogens is 327 g/mol. The summed E-state index contributed by atoms with van der Waals surface area (Å²) in [7, 11) is 1.57. The van der Waals surface area contributed by atoms with Crippen LogP contribution in [0.5, 0.6) is 5.75 Å². The summed E-state index contributed by atoms with van der Waals surface area (Å²) in [5.41, 5.74) is 0.368. The zero-order valence-corrected chi connectivity index (χ0v) is 13.0. The Hall–Kier alpha value is -2.25. The van der Waals surface area contributed by atoms with Crippen molar-refractivity contribution in [3.63, 3.8) is 0 Å². The number of nitrogens with zero attached hydrogens (tertiary/aromatic N) is 1. The summed E-state index contributed by atoms with van der Waals surface area (Å²) in [6, 6.07) is 5.82. The molecule has 1 N–H and O–H groups in total. The van der Waals surface area contributed by atoms with E-state index in [4.69, 9.17) is 5.11 Å². The Morgan fingerprint density at radius 3 is 2.62 bits per heavy atom. The number of benzene rings is 1. The highest BCUT2D eigenvalue weighted by Gasteiger charge is 2.47. The average Bonchev–Trinajstić information content (AvgIpc) is 3.25. The predicted molar refractivity (Wildman–Crippen MR) is 78.5 cm³/mol. The van der Waals surface area contributed by atoms with Gasteiger partial charge in [-0.25, -0.2) is 0 Å². The second-order valence-electron chi connectivity index (χ2n) is 5.79. The number of carbonyl (C=O) groups excluding carboxylic acids is 1. The van der Waals surface area contributed by atoms with E-state index in [-0.39, 0.29) is 24.0 Å². The zero-order valence-electron chi connectivity index (χ0n) is 13.0. The van der Waals surface area contributed by atoms with Gasteiger partial charge in [0.1, 0.15) is 5.75 Å². The Morgan fingerprint density at radius 2 is 2.00 bits per heavy atom.